The summed E-state index contributed by atoms with van der Waals surface area (Å²) in [6.07, 6.45) is 0.100. The first-order valence-electron chi connectivity index (χ1n) is 20.0. The minimum atomic E-state index is -4.40. The number of carbonyl (C=O) groups is 2. The normalized spacial score (nSPS) is 13.9. The molecule has 0 atom stereocenters. The molecule has 2 aliphatic heterocycles. The van der Waals surface area contributed by atoms with Gasteiger partial charge in [-0.3, -0.25) is 9.59 Å². The van der Waals surface area contributed by atoms with Crippen LogP contribution in [0.1, 0.15) is 45.7 Å². The first kappa shape index (κ1) is 44.8. The van der Waals surface area contributed by atoms with E-state index in [1.165, 1.54) is 59.1 Å². The van der Waals surface area contributed by atoms with Crippen molar-refractivity contribution in [3.63, 3.8) is 0 Å². The summed E-state index contributed by atoms with van der Waals surface area (Å²) in [7, 11) is 0. The Bertz CT molecular complexity index is 2880. The Kier molecular flexibility index (Phi) is 12.2. The van der Waals surface area contributed by atoms with Gasteiger partial charge in [-0.1, -0.05) is 25.4 Å². The molecule has 15 nitrogen and oxygen atoms in total. The molecule has 0 unspecified atom stereocenters. The fourth-order valence-corrected chi connectivity index (χ4v) is 7.33. The lowest BCUT2D eigenvalue weighted by molar-refractivity contribution is -0.138. The summed E-state index contributed by atoms with van der Waals surface area (Å²) in [6, 6.07) is 16.7. The number of hydrogen-bond acceptors (Lipinski definition) is 11. The molecule has 0 saturated carbocycles. The van der Waals surface area contributed by atoms with Gasteiger partial charge in [0.05, 0.1) is 48.0 Å². The van der Waals surface area contributed by atoms with Gasteiger partial charge in [-0.2, -0.15) is 26.3 Å². The average molecular weight is 930 g/mol. The second-order valence-electron chi connectivity index (χ2n) is 14.1. The van der Waals surface area contributed by atoms with Crippen molar-refractivity contribution in [1.29, 1.82) is 0 Å². The molecular formula is C44H34ClF6N11O4. The van der Waals surface area contributed by atoms with Crippen molar-refractivity contribution < 1.29 is 45.4 Å². The highest BCUT2D eigenvalue weighted by atomic mass is 35.5. The molecular weight excluding hydrogens is 896 g/mol. The van der Waals surface area contributed by atoms with Crippen molar-refractivity contribution in [3.8, 4) is 23.1 Å². The van der Waals surface area contributed by atoms with Crippen molar-refractivity contribution in [2.24, 2.45) is 0 Å². The second kappa shape index (κ2) is 18.0. The van der Waals surface area contributed by atoms with Gasteiger partial charge in [0, 0.05) is 34.5 Å². The zero-order valence-corrected chi connectivity index (χ0v) is 35.3. The van der Waals surface area contributed by atoms with Crippen LogP contribution in [0.3, 0.4) is 0 Å². The molecule has 2 aliphatic rings. The molecule has 0 bridgehead atoms. The van der Waals surface area contributed by atoms with Crippen LogP contribution in [0.5, 0.6) is 11.8 Å². The van der Waals surface area contributed by atoms with Crippen LogP contribution >= 0.6 is 11.6 Å². The van der Waals surface area contributed by atoms with Crippen LogP contribution in [0.4, 0.5) is 43.5 Å². The van der Waals surface area contributed by atoms with E-state index in [4.69, 9.17) is 26.8 Å². The van der Waals surface area contributed by atoms with Crippen LogP contribution in [0.2, 0.25) is 5.15 Å². The van der Waals surface area contributed by atoms with Crippen LogP contribution in [0, 0.1) is 0 Å². The number of rotatable bonds is 4. The van der Waals surface area contributed by atoms with Gasteiger partial charge in [-0.05, 0) is 72.8 Å². The molecule has 8 heterocycles. The summed E-state index contributed by atoms with van der Waals surface area (Å²) >= 11 is 6.10. The van der Waals surface area contributed by atoms with E-state index in [0.717, 1.165) is 24.3 Å². The number of nitrogens with zero attached hydrogens (tertiary/aromatic N) is 10. The molecule has 10 rings (SSSR count). The molecule has 2 amide bonds. The molecule has 8 aromatic rings. The van der Waals surface area contributed by atoms with E-state index >= 15 is 0 Å². The summed E-state index contributed by atoms with van der Waals surface area (Å²) in [5, 5.41) is 1.41. The zero-order valence-electron chi connectivity index (χ0n) is 34.5. The van der Waals surface area contributed by atoms with Gasteiger partial charge in [0.1, 0.15) is 59.3 Å². The van der Waals surface area contributed by atoms with E-state index in [1.54, 1.807) is 45.8 Å². The van der Waals surface area contributed by atoms with Gasteiger partial charge in [0.2, 0.25) is 11.8 Å². The largest absolute Gasteiger partial charge is 0.475 e. The number of benzene rings is 2. The Labute approximate surface area is 375 Å². The quantitative estimate of drug-likeness (QED) is 0.132. The van der Waals surface area contributed by atoms with E-state index in [1.807, 2.05) is 13.8 Å². The number of ether oxygens (including phenoxy) is 2. The number of amides is 2. The molecule has 0 saturated heterocycles. The number of nitrogen functional groups attached to an aromatic ring is 1. The third-order valence-corrected chi connectivity index (χ3v) is 10.5. The summed E-state index contributed by atoms with van der Waals surface area (Å²) in [4.78, 5) is 53.7. The van der Waals surface area contributed by atoms with Crippen LogP contribution in [0.15, 0.2) is 110 Å². The van der Waals surface area contributed by atoms with Crippen LogP contribution in [-0.2, 0) is 12.4 Å². The van der Waals surface area contributed by atoms with Crippen molar-refractivity contribution >= 4 is 62.7 Å². The lowest BCUT2D eigenvalue weighted by atomic mass is 10.2. The van der Waals surface area contributed by atoms with Crippen LogP contribution < -0.4 is 25.0 Å². The lowest BCUT2D eigenvalue weighted by Gasteiger charge is -2.20. The summed E-state index contributed by atoms with van der Waals surface area (Å²) in [5.74, 6) is -0.535. The minimum absolute atomic E-state index is 0.00519. The van der Waals surface area contributed by atoms with Crippen molar-refractivity contribution in [2.45, 2.75) is 26.2 Å². The average Bonchev–Trinajstić information content (AvgIpc) is 3.83. The topological polar surface area (TPSA) is 172 Å². The van der Waals surface area contributed by atoms with Crippen molar-refractivity contribution in [2.75, 3.05) is 41.8 Å². The monoisotopic (exact) mass is 929 g/mol. The predicted molar refractivity (Wildman–Crippen MR) is 231 cm³/mol. The molecule has 0 fully saturated rings. The number of alkyl halides is 6. The molecule has 0 aliphatic carbocycles. The maximum Gasteiger partial charge on any atom is 0.416 e. The zero-order chi connectivity index (χ0) is 46.9. The third-order valence-electron chi connectivity index (χ3n) is 10.2. The number of anilines is 3. The highest BCUT2D eigenvalue weighted by Crippen LogP contribution is 2.34. The Morgan fingerprint density at radius 1 is 0.576 bits per heavy atom. The Morgan fingerprint density at radius 2 is 1.00 bits per heavy atom. The standard InChI is InChI=1S/C21H13ClF3N5O2.C21H15F3N6O2.C2H6/c22-17-16-19(28-11-27-17)32-8-7-30(20(16)31)15-9-12-5-6-29(18(12)26-10-15)14-3-1-13(2-4-14)21(23,24)25;22-21(23,24)13-1-3-14(4-2-13)29-6-5-12-9-15(10-26-18(12)29)30-7-8-32-19-16(20(30)31)17(25)27-11-28-19;1-2/h1-6,9-11H,7-8H2;1-6,9-11H,7-8H2,(H2,25,27,28);1-2H3. The Morgan fingerprint density at radius 3 is 1.45 bits per heavy atom. The van der Waals surface area contributed by atoms with Gasteiger partial charge in [-0.15, -0.1) is 0 Å². The third kappa shape index (κ3) is 8.71. The maximum absolute atomic E-state index is 13.1. The fraction of sp³-hybridized carbons (Fsp3) is 0.182. The predicted octanol–water partition coefficient (Wildman–Crippen LogP) is 9.01. The van der Waals surface area contributed by atoms with Crippen LogP contribution in [-0.4, -0.2) is 77.2 Å². The van der Waals surface area contributed by atoms with Gasteiger partial charge >= 0.3 is 12.4 Å². The van der Waals surface area contributed by atoms with Crippen molar-refractivity contribution in [3.05, 3.63) is 138 Å². The first-order chi connectivity index (χ1) is 31.7. The summed E-state index contributed by atoms with van der Waals surface area (Å²) in [5.41, 5.74) is 7.77. The minimum Gasteiger partial charge on any atom is -0.475 e. The molecule has 338 valence electrons. The van der Waals surface area contributed by atoms with Crippen LogP contribution in [0.25, 0.3) is 33.4 Å². The van der Waals surface area contributed by atoms with Crippen molar-refractivity contribution in [1.82, 2.24) is 39.0 Å². The smallest absolute Gasteiger partial charge is 0.416 e. The molecule has 0 radical (unpaired) electrons. The molecule has 6 aromatic heterocycles. The second-order valence-corrected chi connectivity index (χ2v) is 14.4. The maximum atomic E-state index is 13.1. The number of fused-ring (bicyclic) bond motifs is 4. The van der Waals surface area contributed by atoms with E-state index in [0.29, 0.717) is 44.8 Å². The molecule has 2 N–H and O–H groups in total. The fourth-order valence-electron chi connectivity index (χ4n) is 7.12. The number of carbonyl (C=O) groups excluding carboxylic acids is 2. The van der Waals surface area contributed by atoms with E-state index < -0.39 is 35.3 Å². The SMILES string of the molecule is CC.Nc1ncnc2c1C(=O)N(c1cnc3c(ccn3-c3ccc(C(F)(F)F)cc3)c1)CCO2.O=C1c2c(Cl)ncnc2OCCN1c1cnc2c(ccn2-c2ccc(C(F)(F)F)cc2)c1. The summed E-state index contributed by atoms with van der Waals surface area (Å²) in [6.45, 7) is 4.91. The number of nitrogens with two attached hydrogens (primary N) is 1. The number of pyridine rings is 2. The Hall–Kier alpha value is -7.81. The van der Waals surface area contributed by atoms with Gasteiger partial charge in [0.15, 0.2) is 0 Å². The first-order valence-corrected chi connectivity index (χ1v) is 20.3. The molecule has 0 spiro atoms. The molecule has 2 aromatic carbocycles. The molecule has 22 heteroatoms. The van der Waals surface area contributed by atoms with Gasteiger partial charge in [-0.25, -0.2) is 29.9 Å². The summed E-state index contributed by atoms with van der Waals surface area (Å²) < 4.78 is 91.4. The highest BCUT2D eigenvalue weighted by molar-refractivity contribution is 6.33. The van der Waals surface area contributed by atoms with E-state index in [2.05, 4.69) is 29.9 Å². The van der Waals surface area contributed by atoms with Gasteiger partial charge in [0.25, 0.3) is 11.8 Å². The number of halogens is 7. The van der Waals surface area contributed by atoms with E-state index in [9.17, 15) is 35.9 Å². The number of hydrogen-bond donors (Lipinski definition) is 1. The molecule has 66 heavy (non-hydrogen) atoms. The Balaban J connectivity index is 0.000000173. The highest BCUT2D eigenvalue weighted by Gasteiger charge is 2.33. The lowest BCUT2D eigenvalue weighted by Crippen LogP contribution is -2.32. The van der Waals surface area contributed by atoms with E-state index in [-0.39, 0.29) is 60.2 Å². The number of aromatic nitrogens is 8. The van der Waals surface area contributed by atoms with Gasteiger partial charge < -0.3 is 34.1 Å².